The first kappa shape index (κ1) is 59.1. The van der Waals surface area contributed by atoms with Crippen LogP contribution in [0.3, 0.4) is 0 Å². The van der Waals surface area contributed by atoms with Crippen molar-refractivity contribution in [1.82, 2.24) is 0 Å². The van der Waals surface area contributed by atoms with Crippen LogP contribution in [0.4, 0.5) is 17.3 Å². The molecule has 0 saturated heterocycles. The molecule has 0 unspecified atom stereocenters. The Kier molecular flexibility index (Phi) is 106. The SMILES string of the molecule is CC[O+](CC)CC.CC[O+](CC)CC.CC[O+](CC)CC.CC[O+](CC)CC.[O-]BF.[O-]BF.[O-]BF.[O-]BF. The van der Waals surface area contributed by atoms with E-state index in [1.165, 1.54) is 0 Å². The smallest absolute Gasteiger partial charge is 0.222 e. The molecule has 0 aliphatic rings. The van der Waals surface area contributed by atoms with Crippen LogP contribution in [-0.2, 0) is 17.5 Å². The van der Waals surface area contributed by atoms with Crippen molar-refractivity contribution in [2.45, 2.75) is 83.1 Å². The quantitative estimate of drug-likeness (QED) is 0.187. The summed E-state index contributed by atoms with van der Waals surface area (Å²) in [6.07, 6.45) is 0. The van der Waals surface area contributed by atoms with Gasteiger partial charge in [-0.05, 0) is 0 Å². The summed E-state index contributed by atoms with van der Waals surface area (Å²) in [6, 6.07) is 0. The van der Waals surface area contributed by atoms with Gasteiger partial charge >= 0.3 is 0 Å². The molecular formula is C24H64B4F4O8. The molecule has 0 saturated carbocycles. The predicted octanol–water partition coefficient (Wildman–Crippen LogP) is 0.724. The van der Waals surface area contributed by atoms with E-state index in [1.807, 2.05) is 0 Å². The van der Waals surface area contributed by atoms with Gasteiger partial charge in [0.2, 0.25) is 31.0 Å². The topological polar surface area (TPSA) is 103 Å². The third-order valence-corrected chi connectivity index (χ3v) is 4.90. The van der Waals surface area contributed by atoms with Crippen molar-refractivity contribution in [3.05, 3.63) is 0 Å². The van der Waals surface area contributed by atoms with Gasteiger partial charge in [-0.2, -0.15) is 0 Å². The largest absolute Gasteiger partial charge is 0.855 e. The van der Waals surface area contributed by atoms with Gasteiger partial charge in [-0.1, -0.05) is 0 Å². The van der Waals surface area contributed by atoms with E-state index in [1.54, 1.807) is 0 Å². The second-order valence-electron chi connectivity index (χ2n) is 6.35. The van der Waals surface area contributed by atoms with Gasteiger partial charge in [0.05, 0.1) is 0 Å². The molecule has 248 valence electrons. The minimum absolute atomic E-state index is 1.10. The summed E-state index contributed by atoms with van der Waals surface area (Å²) in [6.45, 7) is 39.1. The highest BCUT2D eigenvalue weighted by Crippen LogP contribution is 1.92. The van der Waals surface area contributed by atoms with Crippen LogP contribution in [0.25, 0.3) is 0 Å². The zero-order chi connectivity index (χ0) is 33.6. The summed E-state index contributed by atoms with van der Waals surface area (Å²) in [5.74, 6) is 0. The monoisotopic (exact) mass is 600 g/mol. The molecule has 0 amide bonds. The van der Waals surface area contributed by atoms with Gasteiger partial charge in [-0.15, -0.1) is 0 Å². The fourth-order valence-electron chi connectivity index (χ4n) is 2.45. The maximum atomic E-state index is 9.74. The second-order valence-corrected chi connectivity index (χ2v) is 6.35. The highest BCUT2D eigenvalue weighted by Gasteiger charge is 1.96. The molecule has 0 aliphatic heterocycles. The van der Waals surface area contributed by atoms with Gasteiger partial charge in [0.25, 0.3) is 0 Å². The molecule has 0 fully saturated rings. The molecular weight excluding hydrogens is 535 g/mol. The van der Waals surface area contributed by atoms with Crippen LogP contribution in [0, 0.1) is 0 Å². The third-order valence-electron chi connectivity index (χ3n) is 4.90. The maximum Gasteiger partial charge on any atom is 0.222 e. The van der Waals surface area contributed by atoms with Gasteiger partial charge in [0, 0.05) is 83.1 Å². The first-order valence-corrected chi connectivity index (χ1v) is 14.2. The molecule has 0 radical (unpaired) electrons. The Morgan fingerprint density at radius 1 is 0.300 bits per heavy atom. The van der Waals surface area contributed by atoms with E-state index in [9.17, 15) is 17.3 Å². The molecule has 0 aromatic rings. The molecule has 40 heavy (non-hydrogen) atoms. The standard InChI is InChI=1S/4C6H15O.4BFHO/c4*1-4-7(5-2)6-3;4*2-1-3/h4*4-6H2,1-3H3;4*1H/q4*+1;4*-1. The lowest BCUT2D eigenvalue weighted by molar-refractivity contribution is -0.194. The van der Waals surface area contributed by atoms with Gasteiger partial charge in [0.15, 0.2) is 0 Å². The van der Waals surface area contributed by atoms with Gasteiger partial charge in [-0.3, -0.25) is 0 Å². The highest BCUT2D eigenvalue weighted by atomic mass is 19.1. The lowest BCUT2D eigenvalue weighted by atomic mass is 10.5. The molecule has 0 aromatic carbocycles. The molecule has 8 nitrogen and oxygen atoms in total. The molecule has 0 N–H and O–H groups in total. The Balaban J connectivity index is -0.0000000503. The van der Waals surface area contributed by atoms with Crippen LogP contribution in [0.5, 0.6) is 0 Å². The Hall–Kier alpha value is -0.340. The molecule has 16 heteroatoms. The first-order valence-electron chi connectivity index (χ1n) is 14.2. The molecule has 0 aliphatic carbocycles. The van der Waals surface area contributed by atoms with Crippen molar-refractivity contribution < 1.29 is 54.8 Å². The van der Waals surface area contributed by atoms with Crippen LogP contribution < -0.4 is 20.1 Å². The van der Waals surface area contributed by atoms with Crippen molar-refractivity contribution in [1.29, 1.82) is 0 Å². The molecule has 0 rings (SSSR count). The van der Waals surface area contributed by atoms with E-state index in [4.69, 9.17) is 20.1 Å². The van der Waals surface area contributed by atoms with Crippen molar-refractivity contribution in [2.75, 3.05) is 79.3 Å². The third kappa shape index (κ3) is 90.4. The van der Waals surface area contributed by atoms with E-state index in [2.05, 4.69) is 101 Å². The van der Waals surface area contributed by atoms with Crippen LogP contribution in [0.15, 0.2) is 0 Å². The van der Waals surface area contributed by atoms with E-state index in [-0.39, 0.29) is 0 Å². The number of halogens is 4. The lowest BCUT2D eigenvalue weighted by Gasteiger charge is -2.11. The molecule has 0 aromatic heterocycles. The lowest BCUT2D eigenvalue weighted by Crippen LogP contribution is -2.11. The van der Waals surface area contributed by atoms with Gasteiger partial charge < -0.3 is 54.8 Å². The number of hydrogen-bond acceptors (Lipinski definition) is 4. The Morgan fingerprint density at radius 3 is 0.350 bits per heavy atom. The molecule has 0 spiro atoms. The van der Waals surface area contributed by atoms with Crippen molar-refractivity contribution in [3.8, 4) is 0 Å². The molecule has 0 atom stereocenters. The second kappa shape index (κ2) is 71.7. The van der Waals surface area contributed by atoms with Crippen LogP contribution >= 0.6 is 0 Å². The summed E-state index contributed by atoms with van der Waals surface area (Å²) in [4.78, 5) is 0. The minimum atomic E-state index is -1.50. The molecule has 0 heterocycles. The predicted molar refractivity (Wildman–Crippen MR) is 164 cm³/mol. The number of rotatable bonds is 12. The fraction of sp³-hybridized carbons (Fsp3) is 1.00. The summed E-state index contributed by atoms with van der Waals surface area (Å²) < 4.78 is 51.2. The summed E-state index contributed by atoms with van der Waals surface area (Å²) in [5, 5.41) is 33.1. The summed E-state index contributed by atoms with van der Waals surface area (Å²) in [5.41, 5.74) is 0. The van der Waals surface area contributed by atoms with Crippen LogP contribution in [0.1, 0.15) is 83.1 Å². The van der Waals surface area contributed by atoms with Crippen LogP contribution in [-0.4, -0.2) is 110 Å². The molecule has 0 bridgehead atoms. The normalized spacial score (nSPS) is 8.60. The van der Waals surface area contributed by atoms with Gasteiger partial charge in [0.1, 0.15) is 79.3 Å². The fourth-order valence-corrected chi connectivity index (χ4v) is 2.45. The summed E-state index contributed by atoms with van der Waals surface area (Å²) in [7, 11) is -6.00. The first-order chi connectivity index (χ1) is 19.0. The van der Waals surface area contributed by atoms with Crippen LogP contribution in [0.2, 0.25) is 0 Å². The van der Waals surface area contributed by atoms with Gasteiger partial charge in [-0.25, -0.2) is 0 Å². The average molecular weight is 600 g/mol. The van der Waals surface area contributed by atoms with Crippen molar-refractivity contribution >= 4 is 31.0 Å². The van der Waals surface area contributed by atoms with E-state index in [0.29, 0.717) is 0 Å². The maximum absolute atomic E-state index is 9.74. The Labute approximate surface area is 248 Å². The number of hydrogen-bond donors (Lipinski definition) is 0. The zero-order valence-corrected chi connectivity index (χ0v) is 28.1. The zero-order valence-electron chi connectivity index (χ0n) is 28.1. The Bertz CT molecular complexity index is 238. The van der Waals surface area contributed by atoms with E-state index in [0.717, 1.165) is 79.3 Å². The average Bonchev–Trinajstić information content (AvgIpc) is 2.95. The van der Waals surface area contributed by atoms with Crippen molar-refractivity contribution in [2.24, 2.45) is 0 Å². The van der Waals surface area contributed by atoms with E-state index >= 15 is 0 Å². The summed E-state index contributed by atoms with van der Waals surface area (Å²) >= 11 is 0. The Morgan fingerprint density at radius 2 is 0.350 bits per heavy atom. The highest BCUT2D eigenvalue weighted by molar-refractivity contribution is 6.12. The van der Waals surface area contributed by atoms with E-state index < -0.39 is 31.0 Å². The minimum Gasteiger partial charge on any atom is -0.855 e. The van der Waals surface area contributed by atoms with Crippen molar-refractivity contribution in [3.63, 3.8) is 0 Å².